The van der Waals surface area contributed by atoms with E-state index in [1.165, 1.54) is 0 Å². The number of anilines is 3. The van der Waals surface area contributed by atoms with E-state index in [1.54, 1.807) is 36.4 Å². The summed E-state index contributed by atoms with van der Waals surface area (Å²) in [4.78, 5) is 27.3. The number of para-hydroxylation sites is 1. The van der Waals surface area contributed by atoms with Crippen LogP contribution in [0.5, 0.6) is 0 Å². The quantitative estimate of drug-likeness (QED) is 0.634. The van der Waals surface area contributed by atoms with Gasteiger partial charge < -0.3 is 15.5 Å². The third-order valence-electron chi connectivity index (χ3n) is 4.43. The number of carbonyl (C=O) groups is 2. The number of benzene rings is 2. The summed E-state index contributed by atoms with van der Waals surface area (Å²) in [6.07, 6.45) is 0. The molecular formula is C21H23N5O2. The number of rotatable bonds is 5. The fourth-order valence-electron chi connectivity index (χ4n) is 2.81. The van der Waals surface area contributed by atoms with Crippen LogP contribution >= 0.6 is 0 Å². The number of aryl methyl sites for hydroxylation is 2. The van der Waals surface area contributed by atoms with Crippen molar-refractivity contribution < 1.29 is 9.59 Å². The molecule has 0 bridgehead atoms. The van der Waals surface area contributed by atoms with Crippen molar-refractivity contribution in [3.63, 3.8) is 0 Å². The van der Waals surface area contributed by atoms with Gasteiger partial charge >= 0.3 is 0 Å². The molecule has 1 aromatic heterocycles. The van der Waals surface area contributed by atoms with E-state index in [0.29, 0.717) is 28.2 Å². The Hall–Kier alpha value is -3.61. The van der Waals surface area contributed by atoms with Gasteiger partial charge in [-0.25, -0.2) is 0 Å². The van der Waals surface area contributed by atoms with E-state index in [9.17, 15) is 9.59 Å². The lowest BCUT2D eigenvalue weighted by Crippen LogP contribution is -2.19. The van der Waals surface area contributed by atoms with Crippen molar-refractivity contribution in [2.24, 2.45) is 0 Å². The van der Waals surface area contributed by atoms with Crippen LogP contribution in [0.4, 0.5) is 17.1 Å². The Kier molecular flexibility index (Phi) is 5.44. The van der Waals surface area contributed by atoms with Crippen molar-refractivity contribution in [2.75, 3.05) is 29.6 Å². The first-order valence-electron chi connectivity index (χ1n) is 8.87. The molecule has 0 fully saturated rings. The molecular weight excluding hydrogens is 354 g/mol. The topological polar surface area (TPSA) is 90.1 Å². The van der Waals surface area contributed by atoms with Crippen LogP contribution in [-0.2, 0) is 0 Å². The smallest absolute Gasteiger partial charge is 0.257 e. The number of aromatic nitrogens is 2. The van der Waals surface area contributed by atoms with Gasteiger partial charge in [0.25, 0.3) is 11.8 Å². The molecule has 28 heavy (non-hydrogen) atoms. The summed E-state index contributed by atoms with van der Waals surface area (Å²) >= 11 is 0. The van der Waals surface area contributed by atoms with Gasteiger partial charge in [-0.2, -0.15) is 5.10 Å². The van der Waals surface area contributed by atoms with Crippen molar-refractivity contribution in [1.29, 1.82) is 0 Å². The summed E-state index contributed by atoms with van der Waals surface area (Å²) in [5.41, 5.74) is 4.46. The second-order valence-electron chi connectivity index (χ2n) is 6.70. The maximum absolute atomic E-state index is 12.8. The zero-order valence-corrected chi connectivity index (χ0v) is 16.3. The van der Waals surface area contributed by atoms with Crippen LogP contribution in [0.1, 0.15) is 32.1 Å². The molecule has 0 saturated heterocycles. The fraction of sp³-hybridized carbons (Fsp3) is 0.190. The van der Waals surface area contributed by atoms with Crippen LogP contribution in [0.25, 0.3) is 0 Å². The van der Waals surface area contributed by atoms with Gasteiger partial charge in [0.2, 0.25) is 0 Å². The molecule has 7 heteroatoms. The normalized spacial score (nSPS) is 10.4. The average molecular weight is 377 g/mol. The van der Waals surface area contributed by atoms with Gasteiger partial charge in [0.1, 0.15) is 0 Å². The molecule has 0 saturated carbocycles. The SMILES string of the molecule is Cc1n[nH]c(C)c1NC(=O)c1ccccc1NC(=O)c1ccc(N(C)C)cc1. The van der Waals surface area contributed by atoms with Crippen molar-refractivity contribution in [1.82, 2.24) is 10.2 Å². The molecule has 144 valence electrons. The maximum atomic E-state index is 12.8. The highest BCUT2D eigenvalue weighted by Crippen LogP contribution is 2.21. The summed E-state index contributed by atoms with van der Waals surface area (Å²) in [5, 5.41) is 12.6. The van der Waals surface area contributed by atoms with E-state index in [2.05, 4.69) is 20.8 Å². The minimum absolute atomic E-state index is 0.277. The van der Waals surface area contributed by atoms with Crippen molar-refractivity contribution >= 4 is 28.9 Å². The Morgan fingerprint density at radius 1 is 0.929 bits per heavy atom. The molecule has 0 spiro atoms. The minimum Gasteiger partial charge on any atom is -0.378 e. The van der Waals surface area contributed by atoms with Crippen molar-refractivity contribution in [2.45, 2.75) is 13.8 Å². The summed E-state index contributed by atoms with van der Waals surface area (Å²) in [5.74, 6) is -0.590. The highest BCUT2D eigenvalue weighted by molar-refractivity contribution is 6.12. The zero-order chi connectivity index (χ0) is 20.3. The van der Waals surface area contributed by atoms with Crippen LogP contribution in [0.3, 0.4) is 0 Å². The molecule has 0 radical (unpaired) electrons. The number of nitrogens with one attached hydrogen (secondary N) is 3. The average Bonchev–Trinajstić information content (AvgIpc) is 3.00. The summed E-state index contributed by atoms with van der Waals surface area (Å²) in [6, 6.07) is 14.2. The molecule has 1 heterocycles. The molecule has 7 nitrogen and oxygen atoms in total. The Labute approximate surface area is 163 Å². The monoisotopic (exact) mass is 377 g/mol. The van der Waals surface area contributed by atoms with E-state index < -0.39 is 0 Å². The van der Waals surface area contributed by atoms with Gasteiger partial charge in [-0.3, -0.25) is 14.7 Å². The summed E-state index contributed by atoms with van der Waals surface area (Å²) in [6.45, 7) is 3.64. The lowest BCUT2D eigenvalue weighted by atomic mass is 10.1. The lowest BCUT2D eigenvalue weighted by molar-refractivity contribution is 0.102. The molecule has 0 atom stereocenters. The molecule has 3 aromatic rings. The van der Waals surface area contributed by atoms with Gasteiger partial charge in [-0.1, -0.05) is 12.1 Å². The standard InChI is InChI=1S/C21H23N5O2/c1-13-19(14(2)25-24-13)23-21(28)17-7-5-6-8-18(17)22-20(27)15-9-11-16(12-10-15)26(3)4/h5-12H,1-4H3,(H,22,27)(H,23,28)(H,24,25). The predicted octanol–water partition coefficient (Wildman–Crippen LogP) is 3.60. The van der Waals surface area contributed by atoms with Gasteiger partial charge in [0.15, 0.2) is 0 Å². The van der Waals surface area contributed by atoms with E-state index in [1.807, 2.05) is 45.0 Å². The first-order chi connectivity index (χ1) is 13.4. The zero-order valence-electron chi connectivity index (χ0n) is 16.3. The second kappa shape index (κ2) is 7.96. The highest BCUT2D eigenvalue weighted by Gasteiger charge is 2.17. The summed E-state index contributed by atoms with van der Waals surface area (Å²) < 4.78 is 0. The van der Waals surface area contributed by atoms with E-state index in [4.69, 9.17) is 0 Å². The molecule has 2 aromatic carbocycles. The van der Waals surface area contributed by atoms with Gasteiger partial charge in [0, 0.05) is 25.3 Å². The molecule has 3 rings (SSSR count). The third-order valence-corrected chi connectivity index (χ3v) is 4.43. The Morgan fingerprint density at radius 3 is 2.21 bits per heavy atom. The number of nitrogens with zero attached hydrogens (tertiary/aromatic N) is 2. The van der Waals surface area contributed by atoms with Crippen molar-refractivity contribution in [3.8, 4) is 0 Å². The second-order valence-corrected chi connectivity index (χ2v) is 6.70. The number of H-pyrrole nitrogens is 1. The number of aromatic amines is 1. The number of amides is 2. The number of hydrogen-bond acceptors (Lipinski definition) is 4. The first kappa shape index (κ1) is 19.2. The highest BCUT2D eigenvalue weighted by atomic mass is 16.2. The van der Waals surface area contributed by atoms with E-state index >= 15 is 0 Å². The van der Waals surface area contributed by atoms with Gasteiger partial charge in [0.05, 0.1) is 28.3 Å². The Bertz CT molecular complexity index is 986. The van der Waals surface area contributed by atoms with Crippen LogP contribution in [0.2, 0.25) is 0 Å². The van der Waals surface area contributed by atoms with Crippen molar-refractivity contribution in [3.05, 3.63) is 71.0 Å². The molecule has 0 aliphatic heterocycles. The Morgan fingerprint density at radius 2 is 1.61 bits per heavy atom. The molecule has 3 N–H and O–H groups in total. The van der Waals surface area contributed by atoms with Gasteiger partial charge in [-0.05, 0) is 50.2 Å². The summed E-state index contributed by atoms with van der Waals surface area (Å²) in [7, 11) is 3.88. The van der Waals surface area contributed by atoms with Crippen LogP contribution in [-0.4, -0.2) is 36.1 Å². The third kappa shape index (κ3) is 4.03. The van der Waals surface area contributed by atoms with E-state index in [0.717, 1.165) is 11.4 Å². The molecule has 0 unspecified atom stereocenters. The molecule has 0 aliphatic rings. The maximum Gasteiger partial charge on any atom is 0.257 e. The van der Waals surface area contributed by atoms with Crippen LogP contribution < -0.4 is 15.5 Å². The van der Waals surface area contributed by atoms with Crippen LogP contribution in [0.15, 0.2) is 48.5 Å². The molecule has 2 amide bonds. The lowest BCUT2D eigenvalue weighted by Gasteiger charge is -2.14. The first-order valence-corrected chi connectivity index (χ1v) is 8.87. The predicted molar refractivity (Wildman–Crippen MR) is 111 cm³/mol. The van der Waals surface area contributed by atoms with Crippen LogP contribution in [0, 0.1) is 13.8 Å². The number of hydrogen-bond donors (Lipinski definition) is 3. The largest absolute Gasteiger partial charge is 0.378 e. The fourth-order valence-corrected chi connectivity index (χ4v) is 2.81. The Balaban J connectivity index is 1.80. The number of carbonyl (C=O) groups excluding carboxylic acids is 2. The molecule has 0 aliphatic carbocycles. The minimum atomic E-state index is -0.313. The van der Waals surface area contributed by atoms with E-state index in [-0.39, 0.29) is 11.8 Å². The van der Waals surface area contributed by atoms with Gasteiger partial charge in [-0.15, -0.1) is 0 Å².